The van der Waals surface area contributed by atoms with Gasteiger partial charge in [0.1, 0.15) is 0 Å². The van der Waals surface area contributed by atoms with Gasteiger partial charge in [0.15, 0.2) is 0 Å². The molecule has 0 saturated heterocycles. The second kappa shape index (κ2) is 8.12. The maximum absolute atomic E-state index is 12.8. The maximum Gasteiger partial charge on any atom is 0.261 e. The minimum atomic E-state index is -3.96. The number of hydrogen-bond donors (Lipinski definition) is 2. The van der Waals surface area contributed by atoms with E-state index in [0.29, 0.717) is 11.4 Å². The van der Waals surface area contributed by atoms with E-state index in [4.69, 9.17) is 0 Å². The van der Waals surface area contributed by atoms with E-state index in [1.54, 1.807) is 24.3 Å². The van der Waals surface area contributed by atoms with Gasteiger partial charge >= 0.3 is 0 Å². The molecule has 158 valence electrons. The van der Waals surface area contributed by atoms with Gasteiger partial charge in [-0.25, -0.2) is 16.8 Å². The molecule has 0 saturated carbocycles. The first-order valence-electron chi connectivity index (χ1n) is 9.27. The lowest BCUT2D eigenvalue weighted by molar-refractivity contribution is 0.599. The van der Waals surface area contributed by atoms with Crippen molar-refractivity contribution in [2.45, 2.75) is 37.5 Å². The van der Waals surface area contributed by atoms with Crippen molar-refractivity contribution in [3.63, 3.8) is 0 Å². The Hall–Kier alpha value is -2.84. The third kappa shape index (κ3) is 5.20. The van der Waals surface area contributed by atoms with Gasteiger partial charge in [-0.05, 0) is 92.4 Å². The van der Waals surface area contributed by atoms with Crippen molar-refractivity contribution in [2.24, 2.45) is 0 Å². The van der Waals surface area contributed by atoms with Gasteiger partial charge in [0.05, 0.1) is 9.79 Å². The number of hydrogen-bond acceptors (Lipinski definition) is 4. The highest BCUT2D eigenvalue weighted by molar-refractivity contribution is 7.93. The van der Waals surface area contributed by atoms with E-state index in [9.17, 15) is 16.8 Å². The normalized spacial score (nSPS) is 11.9. The molecule has 0 spiro atoms. The van der Waals surface area contributed by atoms with Crippen molar-refractivity contribution < 1.29 is 16.8 Å². The molecule has 0 fully saturated rings. The number of benzene rings is 3. The molecule has 0 unspecified atom stereocenters. The summed E-state index contributed by atoms with van der Waals surface area (Å²) in [4.78, 5) is -0.269. The highest BCUT2D eigenvalue weighted by atomic mass is 32.2. The highest BCUT2D eigenvalue weighted by Gasteiger charge is 2.20. The van der Waals surface area contributed by atoms with Crippen molar-refractivity contribution in [2.75, 3.05) is 9.44 Å². The van der Waals surface area contributed by atoms with Gasteiger partial charge in [0.2, 0.25) is 0 Å². The Morgan fingerprint density at radius 1 is 0.533 bits per heavy atom. The van der Waals surface area contributed by atoms with Crippen molar-refractivity contribution >= 4 is 31.4 Å². The van der Waals surface area contributed by atoms with Gasteiger partial charge in [-0.2, -0.15) is 0 Å². The molecule has 0 aliphatic rings. The average molecular weight is 445 g/mol. The molecule has 6 nitrogen and oxygen atoms in total. The number of sulfonamides is 2. The Kier molecular flexibility index (Phi) is 5.92. The molecule has 3 aromatic carbocycles. The van der Waals surface area contributed by atoms with Gasteiger partial charge in [-0.3, -0.25) is 9.44 Å². The average Bonchev–Trinajstić information content (AvgIpc) is 2.59. The van der Waals surface area contributed by atoms with Crippen LogP contribution in [0.15, 0.2) is 70.5 Å². The molecule has 30 heavy (non-hydrogen) atoms. The summed E-state index contributed by atoms with van der Waals surface area (Å²) in [7, 11) is -7.92. The van der Waals surface area contributed by atoms with Crippen LogP contribution in [0, 0.1) is 27.7 Å². The molecule has 8 heteroatoms. The second-order valence-corrected chi connectivity index (χ2v) is 10.8. The SMILES string of the molecule is Cc1cc(C)cc(NS(=O)(=O)c2cccc(S(=O)(=O)Nc3cc(C)cc(C)c3)c2)c1. The minimum absolute atomic E-state index is 0.134. The molecule has 0 bridgehead atoms. The molecular weight excluding hydrogens is 420 g/mol. The fourth-order valence-corrected chi connectivity index (χ4v) is 5.55. The smallest absolute Gasteiger partial charge is 0.261 e. The molecular formula is C22H24N2O4S2. The summed E-state index contributed by atoms with van der Waals surface area (Å²) in [6, 6.07) is 16.0. The molecule has 3 aromatic rings. The third-order valence-corrected chi connectivity index (χ3v) is 7.13. The molecule has 3 rings (SSSR count). The predicted octanol–water partition coefficient (Wildman–Crippen LogP) is 4.52. The van der Waals surface area contributed by atoms with E-state index in [0.717, 1.165) is 28.3 Å². The Bertz CT molecular complexity index is 1180. The van der Waals surface area contributed by atoms with Crippen LogP contribution in [0.5, 0.6) is 0 Å². The standard InChI is InChI=1S/C22H24N2O4S2/c1-15-8-16(2)11-19(10-15)23-29(25,26)21-6-5-7-22(14-21)30(27,28)24-20-12-17(3)9-18(4)13-20/h5-14,23-24H,1-4H3. The molecule has 0 atom stereocenters. The zero-order valence-electron chi connectivity index (χ0n) is 17.2. The Morgan fingerprint density at radius 2 is 0.867 bits per heavy atom. The van der Waals surface area contributed by atoms with Gasteiger partial charge in [0, 0.05) is 11.4 Å². The van der Waals surface area contributed by atoms with Crippen molar-refractivity contribution in [1.29, 1.82) is 0 Å². The third-order valence-electron chi connectivity index (χ3n) is 4.37. The summed E-state index contributed by atoms with van der Waals surface area (Å²) in [6.07, 6.45) is 0. The largest absolute Gasteiger partial charge is 0.280 e. The highest BCUT2D eigenvalue weighted by Crippen LogP contribution is 2.23. The fraction of sp³-hybridized carbons (Fsp3) is 0.182. The fourth-order valence-electron chi connectivity index (χ4n) is 3.30. The first kappa shape index (κ1) is 21.9. The number of nitrogens with one attached hydrogen (secondary N) is 2. The Labute approximate surface area is 178 Å². The van der Waals surface area contributed by atoms with Gasteiger partial charge < -0.3 is 0 Å². The summed E-state index contributed by atoms with van der Waals surface area (Å²) < 4.78 is 56.3. The summed E-state index contributed by atoms with van der Waals surface area (Å²) >= 11 is 0. The quantitative estimate of drug-likeness (QED) is 0.585. The van der Waals surface area contributed by atoms with E-state index in [-0.39, 0.29) is 9.79 Å². The lowest BCUT2D eigenvalue weighted by atomic mass is 10.1. The first-order valence-corrected chi connectivity index (χ1v) is 12.2. The molecule has 0 radical (unpaired) electrons. The van der Waals surface area contributed by atoms with Crippen molar-refractivity contribution in [3.05, 3.63) is 82.9 Å². The maximum atomic E-state index is 12.8. The lowest BCUT2D eigenvalue weighted by Gasteiger charge is -2.12. The molecule has 0 aliphatic carbocycles. The van der Waals surface area contributed by atoms with Crippen LogP contribution in [0.2, 0.25) is 0 Å². The van der Waals surface area contributed by atoms with E-state index in [1.165, 1.54) is 18.2 Å². The lowest BCUT2D eigenvalue weighted by Crippen LogP contribution is -2.16. The monoisotopic (exact) mass is 444 g/mol. The van der Waals surface area contributed by atoms with Crippen LogP contribution in [0.3, 0.4) is 0 Å². The topological polar surface area (TPSA) is 92.3 Å². The van der Waals surface area contributed by atoms with Crippen LogP contribution in [-0.4, -0.2) is 16.8 Å². The van der Waals surface area contributed by atoms with Crippen molar-refractivity contribution in [3.8, 4) is 0 Å². The van der Waals surface area contributed by atoms with Crippen molar-refractivity contribution in [1.82, 2.24) is 0 Å². The Balaban J connectivity index is 1.92. The first-order chi connectivity index (χ1) is 13.9. The van der Waals surface area contributed by atoms with E-state index in [2.05, 4.69) is 9.44 Å². The summed E-state index contributed by atoms with van der Waals surface area (Å²) in [6.45, 7) is 7.49. The summed E-state index contributed by atoms with van der Waals surface area (Å²) in [5.41, 5.74) is 4.52. The minimum Gasteiger partial charge on any atom is -0.280 e. The van der Waals surface area contributed by atoms with Gasteiger partial charge in [-0.15, -0.1) is 0 Å². The number of anilines is 2. The molecule has 0 aromatic heterocycles. The van der Waals surface area contributed by atoms with E-state index in [1.807, 2.05) is 39.8 Å². The number of aryl methyl sites for hydroxylation is 4. The van der Waals surface area contributed by atoms with Crippen LogP contribution >= 0.6 is 0 Å². The van der Waals surface area contributed by atoms with E-state index >= 15 is 0 Å². The molecule has 0 aliphatic heterocycles. The molecule has 2 N–H and O–H groups in total. The summed E-state index contributed by atoms with van der Waals surface area (Å²) in [5, 5.41) is 0. The van der Waals surface area contributed by atoms with Crippen LogP contribution in [0.25, 0.3) is 0 Å². The van der Waals surface area contributed by atoms with Crippen LogP contribution in [0.1, 0.15) is 22.3 Å². The van der Waals surface area contributed by atoms with Crippen LogP contribution in [-0.2, 0) is 20.0 Å². The van der Waals surface area contributed by atoms with E-state index < -0.39 is 20.0 Å². The van der Waals surface area contributed by atoms with Crippen LogP contribution in [0.4, 0.5) is 11.4 Å². The van der Waals surface area contributed by atoms with Gasteiger partial charge in [0.25, 0.3) is 20.0 Å². The molecule has 0 amide bonds. The number of rotatable bonds is 6. The molecule has 0 heterocycles. The zero-order chi connectivity index (χ0) is 22.1. The van der Waals surface area contributed by atoms with Crippen LogP contribution < -0.4 is 9.44 Å². The predicted molar refractivity (Wildman–Crippen MR) is 120 cm³/mol. The Morgan fingerprint density at radius 3 is 1.20 bits per heavy atom. The van der Waals surface area contributed by atoms with Gasteiger partial charge in [-0.1, -0.05) is 18.2 Å². The zero-order valence-corrected chi connectivity index (χ0v) is 18.9. The summed E-state index contributed by atoms with van der Waals surface area (Å²) in [5.74, 6) is 0. The second-order valence-electron chi connectivity index (χ2n) is 7.44.